The van der Waals surface area contributed by atoms with Gasteiger partial charge in [-0.15, -0.1) is 0 Å². The Morgan fingerprint density at radius 1 is 1.33 bits per heavy atom. The molecule has 0 saturated carbocycles. The summed E-state index contributed by atoms with van der Waals surface area (Å²) in [7, 11) is 1.90. The zero-order valence-electron chi connectivity index (χ0n) is 12.2. The first-order chi connectivity index (χ1) is 10.1. The molecule has 1 aromatic heterocycles. The summed E-state index contributed by atoms with van der Waals surface area (Å²) in [6.45, 7) is 2.95. The van der Waals surface area contributed by atoms with Crippen LogP contribution in [0.25, 0.3) is 0 Å². The molecule has 0 amide bonds. The van der Waals surface area contributed by atoms with Gasteiger partial charge in [-0.2, -0.15) is 0 Å². The second kappa shape index (κ2) is 7.29. The molecule has 1 heterocycles. The Morgan fingerprint density at radius 2 is 2.14 bits per heavy atom. The van der Waals surface area contributed by atoms with Crippen LogP contribution < -0.4 is 15.6 Å². The predicted molar refractivity (Wildman–Crippen MR) is 85.1 cm³/mol. The molecule has 0 aliphatic carbocycles. The van der Waals surface area contributed by atoms with Gasteiger partial charge in [0.2, 0.25) is 0 Å². The molecule has 21 heavy (non-hydrogen) atoms. The summed E-state index contributed by atoms with van der Waals surface area (Å²) in [6, 6.07) is 11.0. The lowest BCUT2D eigenvalue weighted by molar-refractivity contribution is 0.296. The zero-order valence-corrected chi connectivity index (χ0v) is 12.9. The molecular weight excluding hydrogens is 288 g/mol. The highest BCUT2D eigenvalue weighted by Crippen LogP contribution is 2.27. The Kier molecular flexibility index (Phi) is 5.42. The molecule has 1 atom stereocenters. The maximum atomic E-state index is 11.6. The van der Waals surface area contributed by atoms with Gasteiger partial charge < -0.3 is 14.6 Å². The van der Waals surface area contributed by atoms with Crippen LogP contribution >= 0.6 is 11.6 Å². The van der Waals surface area contributed by atoms with Crippen molar-refractivity contribution in [3.05, 3.63) is 63.5 Å². The largest absolute Gasteiger partial charge is 0.490 e. The van der Waals surface area contributed by atoms with E-state index in [0.29, 0.717) is 23.9 Å². The minimum absolute atomic E-state index is 0.0367. The lowest BCUT2D eigenvalue weighted by Gasteiger charge is -2.14. The molecule has 0 radical (unpaired) electrons. The minimum Gasteiger partial charge on any atom is -0.490 e. The van der Waals surface area contributed by atoms with Gasteiger partial charge in [0, 0.05) is 18.3 Å². The third-order valence-electron chi connectivity index (χ3n) is 3.38. The van der Waals surface area contributed by atoms with Crippen molar-refractivity contribution in [1.82, 2.24) is 9.88 Å². The molecule has 4 nitrogen and oxygen atoms in total. The number of benzene rings is 1. The van der Waals surface area contributed by atoms with Crippen molar-refractivity contribution in [2.75, 3.05) is 13.7 Å². The molecule has 1 aromatic carbocycles. The van der Waals surface area contributed by atoms with Crippen LogP contribution in [-0.4, -0.2) is 18.2 Å². The van der Waals surface area contributed by atoms with Crippen LogP contribution in [-0.2, 0) is 6.54 Å². The van der Waals surface area contributed by atoms with Crippen LogP contribution in [0.15, 0.2) is 47.4 Å². The Balaban J connectivity index is 1.98. The third kappa shape index (κ3) is 4.09. The van der Waals surface area contributed by atoms with E-state index in [1.807, 2.05) is 31.3 Å². The zero-order chi connectivity index (χ0) is 15.2. The van der Waals surface area contributed by atoms with Gasteiger partial charge in [0.05, 0.1) is 11.6 Å². The first-order valence-corrected chi connectivity index (χ1v) is 7.24. The van der Waals surface area contributed by atoms with Crippen molar-refractivity contribution in [2.24, 2.45) is 0 Å². The molecule has 5 heteroatoms. The normalized spacial score (nSPS) is 12.1. The molecule has 2 rings (SSSR count). The number of halogens is 1. The summed E-state index contributed by atoms with van der Waals surface area (Å²) in [5.74, 6) is 0.632. The quantitative estimate of drug-likeness (QED) is 0.892. The number of ether oxygens (including phenoxy) is 1. The SMILES string of the molecule is CNC(C)c1ccc(OCCn2ccccc2=O)c(Cl)c1. The van der Waals surface area contributed by atoms with Gasteiger partial charge in [0.1, 0.15) is 12.4 Å². The third-order valence-corrected chi connectivity index (χ3v) is 3.67. The van der Waals surface area contributed by atoms with E-state index >= 15 is 0 Å². The van der Waals surface area contributed by atoms with Crippen molar-refractivity contribution in [3.63, 3.8) is 0 Å². The number of hydrogen-bond acceptors (Lipinski definition) is 3. The Hall–Kier alpha value is -1.78. The van der Waals surface area contributed by atoms with Crippen LogP contribution in [0.4, 0.5) is 0 Å². The van der Waals surface area contributed by atoms with E-state index in [4.69, 9.17) is 16.3 Å². The molecular formula is C16H19ClN2O2. The number of nitrogens with zero attached hydrogens (tertiary/aromatic N) is 1. The highest BCUT2D eigenvalue weighted by Gasteiger charge is 2.07. The fourth-order valence-electron chi connectivity index (χ4n) is 1.97. The highest BCUT2D eigenvalue weighted by molar-refractivity contribution is 6.32. The lowest BCUT2D eigenvalue weighted by atomic mass is 10.1. The number of rotatable bonds is 6. The maximum Gasteiger partial charge on any atom is 0.250 e. The fourth-order valence-corrected chi connectivity index (χ4v) is 2.21. The van der Waals surface area contributed by atoms with E-state index in [9.17, 15) is 4.79 Å². The predicted octanol–water partition coefficient (Wildman–Crippen LogP) is 2.86. The van der Waals surface area contributed by atoms with Crippen LogP contribution in [0, 0.1) is 0 Å². The molecule has 0 saturated heterocycles. The summed E-state index contributed by atoms with van der Waals surface area (Å²) in [5, 5.41) is 3.74. The average Bonchev–Trinajstić information content (AvgIpc) is 2.50. The Labute approximate surface area is 129 Å². The average molecular weight is 307 g/mol. The van der Waals surface area contributed by atoms with Gasteiger partial charge in [0.25, 0.3) is 5.56 Å². The molecule has 0 aliphatic heterocycles. The number of pyridine rings is 1. The topological polar surface area (TPSA) is 43.3 Å². The summed E-state index contributed by atoms with van der Waals surface area (Å²) < 4.78 is 7.25. The maximum absolute atomic E-state index is 11.6. The second-order valence-electron chi connectivity index (χ2n) is 4.78. The molecule has 1 N–H and O–H groups in total. The van der Waals surface area contributed by atoms with Crippen LogP contribution in [0.5, 0.6) is 5.75 Å². The summed E-state index contributed by atoms with van der Waals surface area (Å²) in [4.78, 5) is 11.6. The minimum atomic E-state index is -0.0367. The molecule has 2 aromatic rings. The Morgan fingerprint density at radius 3 is 2.81 bits per heavy atom. The standard InChI is InChI=1S/C16H19ClN2O2/c1-12(18-2)13-6-7-15(14(17)11-13)21-10-9-19-8-4-3-5-16(19)20/h3-8,11-12,18H,9-10H2,1-2H3. The highest BCUT2D eigenvalue weighted by atomic mass is 35.5. The van der Waals surface area contributed by atoms with E-state index in [2.05, 4.69) is 12.2 Å². The molecule has 0 bridgehead atoms. The monoisotopic (exact) mass is 306 g/mol. The van der Waals surface area contributed by atoms with Gasteiger partial charge >= 0.3 is 0 Å². The first kappa shape index (κ1) is 15.6. The summed E-state index contributed by atoms with van der Waals surface area (Å²) >= 11 is 6.22. The van der Waals surface area contributed by atoms with Crippen molar-refractivity contribution in [2.45, 2.75) is 19.5 Å². The van der Waals surface area contributed by atoms with Crippen LogP contribution in [0.1, 0.15) is 18.5 Å². The lowest BCUT2D eigenvalue weighted by Crippen LogP contribution is -2.21. The van der Waals surface area contributed by atoms with Crippen molar-refractivity contribution < 1.29 is 4.74 Å². The van der Waals surface area contributed by atoms with Crippen molar-refractivity contribution in [1.29, 1.82) is 0 Å². The number of aromatic nitrogens is 1. The Bertz CT molecular complexity index is 655. The van der Waals surface area contributed by atoms with E-state index in [0.717, 1.165) is 5.56 Å². The number of hydrogen-bond donors (Lipinski definition) is 1. The number of nitrogens with one attached hydrogen (secondary N) is 1. The van der Waals surface area contributed by atoms with E-state index in [-0.39, 0.29) is 11.6 Å². The van der Waals surface area contributed by atoms with Gasteiger partial charge in [-0.1, -0.05) is 23.7 Å². The van der Waals surface area contributed by atoms with Gasteiger partial charge in [0.15, 0.2) is 0 Å². The van der Waals surface area contributed by atoms with Gasteiger partial charge in [-0.25, -0.2) is 0 Å². The summed E-state index contributed by atoms with van der Waals surface area (Å²) in [5.41, 5.74) is 1.07. The van der Waals surface area contributed by atoms with E-state index in [1.165, 1.54) is 6.07 Å². The van der Waals surface area contributed by atoms with Crippen LogP contribution in [0.3, 0.4) is 0 Å². The molecule has 0 spiro atoms. The summed E-state index contributed by atoms with van der Waals surface area (Å²) in [6.07, 6.45) is 1.74. The molecule has 1 unspecified atom stereocenters. The van der Waals surface area contributed by atoms with Crippen LogP contribution in [0.2, 0.25) is 5.02 Å². The van der Waals surface area contributed by atoms with E-state index < -0.39 is 0 Å². The van der Waals surface area contributed by atoms with Gasteiger partial charge in [-0.3, -0.25) is 4.79 Å². The smallest absolute Gasteiger partial charge is 0.250 e. The van der Waals surface area contributed by atoms with Crippen molar-refractivity contribution in [3.8, 4) is 5.75 Å². The van der Waals surface area contributed by atoms with Gasteiger partial charge in [-0.05, 0) is 37.7 Å². The first-order valence-electron chi connectivity index (χ1n) is 6.87. The second-order valence-corrected chi connectivity index (χ2v) is 5.19. The van der Waals surface area contributed by atoms with Crippen molar-refractivity contribution >= 4 is 11.6 Å². The molecule has 0 aliphatic rings. The molecule has 0 fully saturated rings. The molecule has 112 valence electrons. The van der Waals surface area contributed by atoms with E-state index in [1.54, 1.807) is 16.8 Å². The fraction of sp³-hybridized carbons (Fsp3) is 0.312.